The lowest BCUT2D eigenvalue weighted by Crippen LogP contribution is -2.29. The van der Waals surface area contributed by atoms with Crippen LogP contribution in [0.25, 0.3) is 0 Å². The van der Waals surface area contributed by atoms with Crippen LogP contribution in [0.5, 0.6) is 0 Å². The summed E-state index contributed by atoms with van der Waals surface area (Å²) >= 11 is 0. The first-order chi connectivity index (χ1) is 9.58. The molecule has 0 atom stereocenters. The molecule has 0 radical (unpaired) electrons. The van der Waals surface area contributed by atoms with Crippen molar-refractivity contribution in [2.45, 2.75) is 26.7 Å². The molecule has 0 aliphatic carbocycles. The molecule has 5 heteroatoms. The van der Waals surface area contributed by atoms with Crippen LogP contribution in [0.4, 0.5) is 5.69 Å². The second-order valence-corrected chi connectivity index (χ2v) is 4.64. The van der Waals surface area contributed by atoms with Gasteiger partial charge in [-0.2, -0.15) is 0 Å². The summed E-state index contributed by atoms with van der Waals surface area (Å²) < 4.78 is 0. The fourth-order valence-electron chi connectivity index (χ4n) is 1.78. The highest BCUT2D eigenvalue weighted by molar-refractivity contribution is 5.95. The third-order valence-electron chi connectivity index (χ3n) is 2.97. The van der Waals surface area contributed by atoms with Gasteiger partial charge in [-0.3, -0.25) is 9.59 Å². The number of rotatable bonds is 7. The van der Waals surface area contributed by atoms with Crippen molar-refractivity contribution in [3.05, 3.63) is 29.3 Å². The molecule has 3 N–H and O–H groups in total. The Kier molecular flexibility index (Phi) is 6.56. The van der Waals surface area contributed by atoms with Gasteiger partial charge in [-0.15, -0.1) is 0 Å². The molecule has 110 valence electrons. The van der Waals surface area contributed by atoms with Gasteiger partial charge in [0.05, 0.1) is 0 Å². The van der Waals surface area contributed by atoms with Crippen molar-refractivity contribution in [1.29, 1.82) is 0 Å². The van der Waals surface area contributed by atoms with Gasteiger partial charge in [-0.25, -0.2) is 0 Å². The van der Waals surface area contributed by atoms with Gasteiger partial charge in [0.25, 0.3) is 5.91 Å². The van der Waals surface area contributed by atoms with Gasteiger partial charge < -0.3 is 16.0 Å². The summed E-state index contributed by atoms with van der Waals surface area (Å²) in [4.78, 5) is 23.0. The molecule has 1 rings (SSSR count). The summed E-state index contributed by atoms with van der Waals surface area (Å²) in [6.07, 6.45) is 1.35. The van der Waals surface area contributed by atoms with Gasteiger partial charge in [-0.05, 0) is 37.1 Å². The first kappa shape index (κ1) is 16.0. The van der Waals surface area contributed by atoms with Crippen LogP contribution < -0.4 is 16.0 Å². The number of benzene rings is 1. The molecule has 20 heavy (non-hydrogen) atoms. The number of hydrogen-bond donors (Lipinski definition) is 3. The SMILES string of the molecule is CCCNc1ccc(C(=O)NCCC(=O)NC)cc1C. The van der Waals surface area contributed by atoms with E-state index in [9.17, 15) is 9.59 Å². The first-order valence-electron chi connectivity index (χ1n) is 6.91. The van der Waals surface area contributed by atoms with E-state index >= 15 is 0 Å². The summed E-state index contributed by atoms with van der Waals surface area (Å²) in [7, 11) is 1.58. The molecule has 0 unspecified atom stereocenters. The van der Waals surface area contributed by atoms with Crippen LogP contribution in [-0.2, 0) is 4.79 Å². The molecule has 0 aliphatic heterocycles. The lowest BCUT2D eigenvalue weighted by molar-refractivity contribution is -0.120. The second-order valence-electron chi connectivity index (χ2n) is 4.64. The van der Waals surface area contributed by atoms with Crippen LogP contribution in [0.2, 0.25) is 0 Å². The molecule has 0 aliphatic rings. The van der Waals surface area contributed by atoms with Crippen molar-refractivity contribution in [3.63, 3.8) is 0 Å². The Bertz CT molecular complexity index is 472. The normalized spacial score (nSPS) is 9.95. The smallest absolute Gasteiger partial charge is 0.251 e. The fourth-order valence-corrected chi connectivity index (χ4v) is 1.78. The maximum absolute atomic E-state index is 11.9. The lowest BCUT2D eigenvalue weighted by atomic mass is 10.1. The maximum atomic E-state index is 11.9. The van der Waals surface area contributed by atoms with E-state index in [1.807, 2.05) is 19.1 Å². The quantitative estimate of drug-likeness (QED) is 0.710. The van der Waals surface area contributed by atoms with Crippen molar-refractivity contribution in [2.75, 3.05) is 25.5 Å². The molecular weight excluding hydrogens is 254 g/mol. The molecule has 1 aromatic carbocycles. The van der Waals surface area contributed by atoms with Crippen molar-refractivity contribution in [3.8, 4) is 0 Å². The minimum absolute atomic E-state index is 0.0828. The molecule has 0 spiro atoms. The summed E-state index contributed by atoms with van der Waals surface area (Å²) in [6.45, 7) is 5.34. The van der Waals surface area contributed by atoms with E-state index in [1.54, 1.807) is 13.1 Å². The van der Waals surface area contributed by atoms with Crippen molar-refractivity contribution in [1.82, 2.24) is 10.6 Å². The van der Waals surface area contributed by atoms with Crippen LogP contribution in [-0.4, -0.2) is 32.0 Å². The number of amides is 2. The van der Waals surface area contributed by atoms with Crippen LogP contribution in [0.3, 0.4) is 0 Å². The van der Waals surface area contributed by atoms with Crippen LogP contribution in [0.15, 0.2) is 18.2 Å². The number of nitrogens with one attached hydrogen (secondary N) is 3. The van der Waals surface area contributed by atoms with E-state index in [1.165, 1.54) is 0 Å². The number of carbonyl (C=O) groups is 2. The third kappa shape index (κ3) is 4.91. The predicted octanol–water partition coefficient (Wildman–Crippen LogP) is 1.68. The molecular formula is C15H23N3O2. The van der Waals surface area contributed by atoms with Gasteiger partial charge in [-0.1, -0.05) is 6.92 Å². The zero-order valence-electron chi connectivity index (χ0n) is 12.4. The Morgan fingerprint density at radius 2 is 1.95 bits per heavy atom. The summed E-state index contributed by atoms with van der Waals surface area (Å²) in [5, 5.41) is 8.56. The van der Waals surface area contributed by atoms with E-state index in [2.05, 4.69) is 22.9 Å². The van der Waals surface area contributed by atoms with Gasteiger partial charge in [0.1, 0.15) is 0 Å². The predicted molar refractivity (Wildman–Crippen MR) is 81.0 cm³/mol. The number of carbonyl (C=O) groups excluding carboxylic acids is 2. The molecule has 0 aromatic heterocycles. The van der Waals surface area contributed by atoms with Gasteiger partial charge >= 0.3 is 0 Å². The highest BCUT2D eigenvalue weighted by atomic mass is 16.2. The molecule has 1 aromatic rings. The van der Waals surface area contributed by atoms with E-state index in [4.69, 9.17) is 0 Å². The summed E-state index contributed by atoms with van der Waals surface area (Å²) in [5.74, 6) is -0.236. The highest BCUT2D eigenvalue weighted by Crippen LogP contribution is 2.16. The minimum Gasteiger partial charge on any atom is -0.385 e. The van der Waals surface area contributed by atoms with Crippen LogP contribution in [0, 0.1) is 6.92 Å². The van der Waals surface area contributed by atoms with Crippen LogP contribution >= 0.6 is 0 Å². The molecule has 0 fully saturated rings. The van der Waals surface area contributed by atoms with Gasteiger partial charge in [0.2, 0.25) is 5.91 Å². The zero-order chi connectivity index (χ0) is 15.0. The molecule has 0 heterocycles. The Morgan fingerprint density at radius 3 is 2.55 bits per heavy atom. The Labute approximate surface area is 120 Å². The average Bonchev–Trinajstić information content (AvgIpc) is 2.45. The number of hydrogen-bond acceptors (Lipinski definition) is 3. The largest absolute Gasteiger partial charge is 0.385 e. The number of aryl methyl sites for hydroxylation is 1. The molecule has 5 nitrogen and oxygen atoms in total. The molecule has 0 saturated carbocycles. The van der Waals surface area contributed by atoms with Crippen molar-refractivity contribution < 1.29 is 9.59 Å². The van der Waals surface area contributed by atoms with E-state index in [0.717, 1.165) is 24.2 Å². The molecule has 0 bridgehead atoms. The van der Waals surface area contributed by atoms with E-state index in [-0.39, 0.29) is 18.2 Å². The topological polar surface area (TPSA) is 70.2 Å². The molecule has 2 amide bonds. The van der Waals surface area contributed by atoms with Crippen molar-refractivity contribution in [2.24, 2.45) is 0 Å². The fraction of sp³-hybridized carbons (Fsp3) is 0.467. The number of anilines is 1. The standard InChI is InChI=1S/C15H23N3O2/c1-4-8-17-13-6-5-12(10-11(13)2)15(20)18-9-7-14(19)16-3/h5-6,10,17H,4,7-9H2,1-3H3,(H,16,19)(H,18,20). The highest BCUT2D eigenvalue weighted by Gasteiger charge is 2.08. The molecule has 0 saturated heterocycles. The third-order valence-corrected chi connectivity index (χ3v) is 2.97. The minimum atomic E-state index is -0.154. The van der Waals surface area contributed by atoms with E-state index < -0.39 is 0 Å². The Morgan fingerprint density at radius 1 is 1.20 bits per heavy atom. The maximum Gasteiger partial charge on any atom is 0.251 e. The van der Waals surface area contributed by atoms with Gasteiger partial charge in [0, 0.05) is 37.8 Å². The second kappa shape index (κ2) is 8.19. The van der Waals surface area contributed by atoms with Crippen molar-refractivity contribution >= 4 is 17.5 Å². The van der Waals surface area contributed by atoms with Gasteiger partial charge in [0.15, 0.2) is 0 Å². The van der Waals surface area contributed by atoms with E-state index in [0.29, 0.717) is 12.1 Å². The van der Waals surface area contributed by atoms with Crippen LogP contribution in [0.1, 0.15) is 35.7 Å². The lowest BCUT2D eigenvalue weighted by Gasteiger charge is -2.10. The first-order valence-corrected chi connectivity index (χ1v) is 6.91. The average molecular weight is 277 g/mol. The zero-order valence-corrected chi connectivity index (χ0v) is 12.4. The Balaban J connectivity index is 2.56. The summed E-state index contributed by atoms with van der Waals surface area (Å²) in [5.41, 5.74) is 2.70. The summed E-state index contributed by atoms with van der Waals surface area (Å²) in [6, 6.07) is 5.56. The Hall–Kier alpha value is -2.04. The monoisotopic (exact) mass is 277 g/mol.